The summed E-state index contributed by atoms with van der Waals surface area (Å²) in [5.41, 5.74) is -0.937. The first-order valence-electron chi connectivity index (χ1n) is 5.19. The summed E-state index contributed by atoms with van der Waals surface area (Å²) in [4.78, 5) is 11.1. The maximum Gasteiger partial charge on any atom is 0.310 e. The fraction of sp³-hybridized carbons (Fsp3) is 0.556. The number of rotatable bonds is 5. The monoisotopic (exact) mass is 259 g/mol. The van der Waals surface area contributed by atoms with Gasteiger partial charge in [-0.1, -0.05) is 6.42 Å². The fourth-order valence-electron chi connectivity index (χ4n) is 1.77. The van der Waals surface area contributed by atoms with Crippen LogP contribution in [-0.4, -0.2) is 36.2 Å². The first kappa shape index (κ1) is 12.1. The number of aliphatic carboxylic acids is 1. The highest BCUT2D eigenvalue weighted by Crippen LogP contribution is 2.40. The van der Waals surface area contributed by atoms with Gasteiger partial charge in [-0.25, -0.2) is 13.1 Å². The molecule has 94 valence electrons. The molecule has 3 N–H and O–H groups in total. The molecule has 1 aliphatic rings. The van der Waals surface area contributed by atoms with Crippen molar-refractivity contribution < 1.29 is 18.3 Å². The van der Waals surface area contributed by atoms with E-state index in [1.165, 1.54) is 12.3 Å². The molecular formula is C9H13N3O4S. The summed E-state index contributed by atoms with van der Waals surface area (Å²) in [5, 5.41) is 14.9. The number of aromatic amines is 1. The molecule has 1 aromatic heterocycles. The Kier molecular flexibility index (Phi) is 2.92. The average Bonchev–Trinajstić information content (AvgIpc) is 2.68. The molecular weight excluding hydrogens is 246 g/mol. The summed E-state index contributed by atoms with van der Waals surface area (Å²) in [5.74, 6) is -0.948. The van der Waals surface area contributed by atoms with E-state index in [-0.39, 0.29) is 11.6 Å². The molecule has 0 bridgehead atoms. The SMILES string of the molecule is O=C(O)C1(CNS(=O)(=O)c2ccn[nH]2)CCC1. The molecule has 0 aromatic carbocycles. The van der Waals surface area contributed by atoms with E-state index in [1.807, 2.05) is 0 Å². The Bertz CT molecular complexity index is 504. The molecule has 1 fully saturated rings. The Hall–Kier alpha value is -1.41. The Morgan fingerprint density at radius 3 is 2.71 bits per heavy atom. The highest BCUT2D eigenvalue weighted by Gasteiger charge is 2.45. The lowest BCUT2D eigenvalue weighted by atomic mass is 9.69. The number of hydrogen-bond donors (Lipinski definition) is 3. The van der Waals surface area contributed by atoms with Gasteiger partial charge < -0.3 is 5.11 Å². The number of aromatic nitrogens is 2. The van der Waals surface area contributed by atoms with Crippen molar-refractivity contribution >= 4 is 16.0 Å². The van der Waals surface area contributed by atoms with Crippen molar-refractivity contribution in [2.75, 3.05) is 6.54 Å². The van der Waals surface area contributed by atoms with Crippen LogP contribution in [0.3, 0.4) is 0 Å². The van der Waals surface area contributed by atoms with Crippen molar-refractivity contribution in [1.82, 2.24) is 14.9 Å². The predicted octanol–water partition coefficient (Wildman–Crippen LogP) is -0.0571. The zero-order valence-electron chi connectivity index (χ0n) is 9.01. The number of carboxylic acid groups (broad SMARTS) is 1. The lowest BCUT2D eigenvalue weighted by Crippen LogP contribution is -2.47. The standard InChI is InChI=1S/C9H13N3O4S/c13-8(14)9(3-1-4-9)6-11-17(15,16)7-2-5-10-12-7/h2,5,11H,1,3-4,6H2,(H,10,12)(H,13,14). The lowest BCUT2D eigenvalue weighted by molar-refractivity contribution is -0.153. The highest BCUT2D eigenvalue weighted by molar-refractivity contribution is 7.89. The number of carboxylic acids is 1. The van der Waals surface area contributed by atoms with E-state index in [0.29, 0.717) is 12.8 Å². The van der Waals surface area contributed by atoms with Crippen LogP contribution in [0.5, 0.6) is 0 Å². The Morgan fingerprint density at radius 1 is 1.59 bits per heavy atom. The molecule has 0 spiro atoms. The second kappa shape index (κ2) is 4.11. The molecule has 1 saturated carbocycles. The molecule has 17 heavy (non-hydrogen) atoms. The Balaban J connectivity index is 2.06. The topological polar surface area (TPSA) is 112 Å². The number of hydrogen-bond acceptors (Lipinski definition) is 4. The summed E-state index contributed by atoms with van der Waals surface area (Å²) in [7, 11) is -3.69. The van der Waals surface area contributed by atoms with Crippen LogP contribution in [0.4, 0.5) is 0 Å². The maximum absolute atomic E-state index is 11.7. The van der Waals surface area contributed by atoms with Gasteiger partial charge in [0.15, 0.2) is 5.03 Å². The second-order valence-corrected chi connectivity index (χ2v) is 5.92. The molecule has 1 aliphatic carbocycles. The first-order chi connectivity index (χ1) is 7.96. The van der Waals surface area contributed by atoms with Gasteiger partial charge in [-0.15, -0.1) is 0 Å². The Morgan fingerprint density at radius 2 is 2.29 bits per heavy atom. The molecule has 7 nitrogen and oxygen atoms in total. The molecule has 0 aliphatic heterocycles. The van der Waals surface area contributed by atoms with Gasteiger partial charge in [-0.2, -0.15) is 5.10 Å². The summed E-state index contributed by atoms with van der Waals surface area (Å²) < 4.78 is 25.8. The van der Waals surface area contributed by atoms with E-state index in [2.05, 4.69) is 14.9 Å². The number of nitrogens with one attached hydrogen (secondary N) is 2. The summed E-state index contributed by atoms with van der Waals surface area (Å²) in [6.45, 7) is -0.0797. The average molecular weight is 259 g/mol. The first-order valence-corrected chi connectivity index (χ1v) is 6.67. The van der Waals surface area contributed by atoms with Crippen molar-refractivity contribution in [2.24, 2.45) is 5.41 Å². The lowest BCUT2D eigenvalue weighted by Gasteiger charge is -2.37. The van der Waals surface area contributed by atoms with Crippen molar-refractivity contribution in [3.8, 4) is 0 Å². The smallest absolute Gasteiger partial charge is 0.310 e. The van der Waals surface area contributed by atoms with Crippen LogP contribution in [0, 0.1) is 5.41 Å². The summed E-state index contributed by atoms with van der Waals surface area (Å²) in [6.07, 6.45) is 3.16. The minimum Gasteiger partial charge on any atom is -0.481 e. The molecule has 0 radical (unpaired) electrons. The third-order valence-corrected chi connectivity index (χ3v) is 4.46. The molecule has 0 unspecified atom stereocenters. The largest absolute Gasteiger partial charge is 0.481 e. The van der Waals surface area contributed by atoms with Crippen LogP contribution >= 0.6 is 0 Å². The molecule has 8 heteroatoms. The van der Waals surface area contributed by atoms with Crippen molar-refractivity contribution in [2.45, 2.75) is 24.3 Å². The van der Waals surface area contributed by atoms with Gasteiger partial charge in [0.2, 0.25) is 0 Å². The van der Waals surface area contributed by atoms with Gasteiger partial charge in [0, 0.05) is 6.54 Å². The van der Waals surface area contributed by atoms with E-state index in [1.54, 1.807) is 0 Å². The van der Waals surface area contributed by atoms with E-state index < -0.39 is 21.4 Å². The van der Waals surface area contributed by atoms with Gasteiger partial charge in [0.05, 0.1) is 11.6 Å². The number of nitrogens with zero attached hydrogens (tertiary/aromatic N) is 1. The minimum absolute atomic E-state index is 0.0580. The van der Waals surface area contributed by atoms with E-state index >= 15 is 0 Å². The maximum atomic E-state index is 11.7. The summed E-state index contributed by atoms with van der Waals surface area (Å²) >= 11 is 0. The predicted molar refractivity (Wildman–Crippen MR) is 57.7 cm³/mol. The van der Waals surface area contributed by atoms with Gasteiger partial charge in [0.25, 0.3) is 10.0 Å². The van der Waals surface area contributed by atoms with Crippen LogP contribution in [-0.2, 0) is 14.8 Å². The number of carbonyl (C=O) groups is 1. The van der Waals surface area contributed by atoms with Crippen LogP contribution in [0.25, 0.3) is 0 Å². The highest BCUT2D eigenvalue weighted by atomic mass is 32.2. The number of sulfonamides is 1. The molecule has 0 amide bonds. The van der Waals surface area contributed by atoms with Crippen molar-refractivity contribution in [1.29, 1.82) is 0 Å². The number of H-pyrrole nitrogens is 1. The third kappa shape index (κ3) is 2.18. The zero-order chi connectivity index (χ0) is 12.5. The fourth-order valence-corrected chi connectivity index (χ4v) is 2.81. The van der Waals surface area contributed by atoms with Gasteiger partial charge >= 0.3 is 5.97 Å². The van der Waals surface area contributed by atoms with E-state index in [4.69, 9.17) is 5.11 Å². The molecule has 1 aromatic rings. The van der Waals surface area contributed by atoms with Gasteiger partial charge in [-0.3, -0.25) is 9.89 Å². The van der Waals surface area contributed by atoms with E-state index in [9.17, 15) is 13.2 Å². The van der Waals surface area contributed by atoms with Gasteiger partial charge in [-0.05, 0) is 18.9 Å². The molecule has 1 heterocycles. The minimum atomic E-state index is -3.69. The van der Waals surface area contributed by atoms with E-state index in [0.717, 1.165) is 6.42 Å². The van der Waals surface area contributed by atoms with Crippen LogP contribution in [0.1, 0.15) is 19.3 Å². The van der Waals surface area contributed by atoms with Gasteiger partial charge in [0.1, 0.15) is 0 Å². The molecule has 2 rings (SSSR count). The normalized spacial score (nSPS) is 18.6. The molecule has 0 atom stereocenters. The second-order valence-electron chi connectivity index (χ2n) is 4.18. The quantitative estimate of drug-likeness (QED) is 0.686. The Labute approximate surface area is 98.3 Å². The zero-order valence-corrected chi connectivity index (χ0v) is 9.83. The van der Waals surface area contributed by atoms with Crippen molar-refractivity contribution in [3.05, 3.63) is 12.3 Å². The van der Waals surface area contributed by atoms with Crippen molar-refractivity contribution in [3.63, 3.8) is 0 Å². The third-order valence-electron chi connectivity index (χ3n) is 3.13. The van der Waals surface area contributed by atoms with Crippen LogP contribution < -0.4 is 4.72 Å². The summed E-state index contributed by atoms with van der Waals surface area (Å²) in [6, 6.07) is 1.32. The van der Waals surface area contributed by atoms with Crippen LogP contribution in [0.15, 0.2) is 17.3 Å². The molecule has 0 saturated heterocycles. The van der Waals surface area contributed by atoms with Crippen LogP contribution in [0.2, 0.25) is 0 Å².